The number of halogens is 4. The first-order chi connectivity index (χ1) is 9.01. The molecular weight excluding hydrogens is 319 g/mol. The van der Waals surface area contributed by atoms with Gasteiger partial charge in [-0.2, -0.15) is 17.5 Å². The van der Waals surface area contributed by atoms with Crippen molar-refractivity contribution in [1.29, 1.82) is 0 Å². The molecule has 4 nitrogen and oxygen atoms in total. The highest BCUT2D eigenvalue weighted by Gasteiger charge is 2.33. The van der Waals surface area contributed by atoms with Gasteiger partial charge in [0.2, 0.25) is 10.0 Å². The van der Waals surface area contributed by atoms with E-state index in [4.69, 9.17) is 16.7 Å². The number of rotatable bonds is 4. The Morgan fingerprint density at radius 2 is 1.95 bits per heavy atom. The third-order valence-corrected chi connectivity index (χ3v) is 5.26. The fourth-order valence-electron chi connectivity index (χ4n) is 1.39. The Bertz CT molecular complexity index is 589. The van der Waals surface area contributed by atoms with Gasteiger partial charge in [-0.05, 0) is 25.1 Å². The maximum absolute atomic E-state index is 12.5. The van der Waals surface area contributed by atoms with E-state index in [-0.39, 0.29) is 0 Å². The topological polar surface area (TPSA) is 57.6 Å². The predicted molar refractivity (Wildman–Crippen MR) is 68.0 cm³/mol. The molecule has 0 heterocycles. The van der Waals surface area contributed by atoms with Crippen molar-refractivity contribution in [3.8, 4) is 0 Å². The van der Waals surface area contributed by atoms with E-state index in [2.05, 4.69) is 0 Å². The Kier molecular flexibility index (Phi) is 5.07. The summed E-state index contributed by atoms with van der Waals surface area (Å²) in [7, 11) is -2.86. The molecular formula is C11H13ClF3NO3S. The van der Waals surface area contributed by atoms with Gasteiger partial charge in [-0.15, -0.1) is 0 Å². The van der Waals surface area contributed by atoms with Crippen LogP contribution in [0.2, 0.25) is 5.02 Å². The van der Waals surface area contributed by atoms with Crippen LogP contribution < -0.4 is 0 Å². The van der Waals surface area contributed by atoms with Crippen LogP contribution in [0.15, 0.2) is 23.1 Å². The zero-order chi connectivity index (χ0) is 15.7. The average molecular weight is 332 g/mol. The van der Waals surface area contributed by atoms with Crippen LogP contribution in [-0.2, 0) is 16.2 Å². The van der Waals surface area contributed by atoms with Crippen molar-refractivity contribution in [1.82, 2.24) is 4.31 Å². The van der Waals surface area contributed by atoms with Crippen molar-refractivity contribution in [3.63, 3.8) is 0 Å². The summed E-state index contributed by atoms with van der Waals surface area (Å²) in [6.45, 7) is 1.03. The number of hydrogen-bond acceptors (Lipinski definition) is 3. The normalized spacial score (nSPS) is 14.6. The number of nitrogens with zero attached hydrogens (tertiary/aromatic N) is 1. The molecule has 1 aromatic rings. The smallest absolute Gasteiger partial charge is 0.395 e. The molecule has 1 rings (SSSR count). The van der Waals surface area contributed by atoms with Gasteiger partial charge < -0.3 is 5.11 Å². The van der Waals surface area contributed by atoms with Gasteiger partial charge in [-0.25, -0.2) is 8.42 Å². The second-order valence-corrected chi connectivity index (χ2v) is 6.57. The van der Waals surface area contributed by atoms with Gasteiger partial charge in [0, 0.05) is 13.1 Å². The van der Waals surface area contributed by atoms with E-state index in [0.29, 0.717) is 12.1 Å². The second kappa shape index (κ2) is 5.88. The molecule has 0 aromatic heterocycles. The fourth-order valence-corrected chi connectivity index (χ4v) is 3.26. The van der Waals surface area contributed by atoms with E-state index in [1.165, 1.54) is 14.0 Å². The summed E-state index contributed by atoms with van der Waals surface area (Å²) in [5, 5.41) is 8.43. The molecule has 114 valence electrons. The van der Waals surface area contributed by atoms with Crippen LogP contribution in [0.4, 0.5) is 13.2 Å². The molecule has 20 heavy (non-hydrogen) atoms. The lowest BCUT2D eigenvalue weighted by molar-refractivity contribution is -0.137. The van der Waals surface area contributed by atoms with Crippen molar-refractivity contribution in [2.24, 2.45) is 0 Å². The number of likely N-dealkylation sites (N-methyl/N-ethyl adjacent to an activating group) is 1. The summed E-state index contributed by atoms with van der Waals surface area (Å²) in [4.78, 5) is -0.435. The Hall–Kier alpha value is -0.830. The summed E-state index contributed by atoms with van der Waals surface area (Å²) in [6.07, 6.45) is -4.60. The quantitative estimate of drug-likeness (QED) is 0.921. The molecule has 0 saturated heterocycles. The highest BCUT2D eigenvalue weighted by molar-refractivity contribution is 7.89. The third-order valence-electron chi connectivity index (χ3n) is 2.80. The number of benzene rings is 1. The minimum absolute atomic E-state index is 0.423. The average Bonchev–Trinajstić information content (AvgIpc) is 2.35. The lowest BCUT2D eigenvalue weighted by atomic mass is 10.2. The Morgan fingerprint density at radius 3 is 2.35 bits per heavy atom. The lowest BCUT2D eigenvalue weighted by Gasteiger charge is -2.23. The monoisotopic (exact) mass is 331 g/mol. The van der Waals surface area contributed by atoms with E-state index in [0.717, 1.165) is 10.4 Å². The molecule has 0 spiro atoms. The van der Waals surface area contributed by atoms with Crippen molar-refractivity contribution < 1.29 is 26.7 Å². The summed E-state index contributed by atoms with van der Waals surface area (Å²) in [6, 6.07) is 1.29. The summed E-state index contributed by atoms with van der Waals surface area (Å²) >= 11 is 5.64. The Morgan fingerprint density at radius 1 is 1.40 bits per heavy atom. The molecule has 9 heteroatoms. The minimum Gasteiger partial charge on any atom is -0.395 e. The van der Waals surface area contributed by atoms with Crippen LogP contribution in [-0.4, -0.2) is 37.5 Å². The first-order valence-corrected chi connectivity index (χ1v) is 7.29. The van der Waals surface area contributed by atoms with Gasteiger partial charge >= 0.3 is 6.18 Å². The van der Waals surface area contributed by atoms with Crippen LogP contribution in [0.1, 0.15) is 12.5 Å². The number of sulfonamides is 1. The van der Waals surface area contributed by atoms with Crippen LogP contribution in [0, 0.1) is 0 Å². The molecule has 0 fully saturated rings. The van der Waals surface area contributed by atoms with Crippen LogP contribution in [0.5, 0.6) is 0 Å². The Labute approximate surface area is 119 Å². The largest absolute Gasteiger partial charge is 0.416 e. The number of hydrogen-bond donors (Lipinski definition) is 1. The van der Waals surface area contributed by atoms with Gasteiger partial charge in [0.25, 0.3) is 0 Å². The molecule has 0 bridgehead atoms. The van der Waals surface area contributed by atoms with E-state index >= 15 is 0 Å². The number of aliphatic hydroxyl groups excluding tert-OH is 1. The maximum Gasteiger partial charge on any atom is 0.416 e. The molecule has 1 atom stereocenters. The standard InChI is InChI=1S/C11H13ClF3NO3S/c1-7(6-17)16(2)20(18,19)10-4-3-8(5-9(10)12)11(13,14)15/h3-5,7,17H,6H2,1-2H3. The van der Waals surface area contributed by atoms with Crippen LogP contribution >= 0.6 is 11.6 Å². The molecule has 0 radical (unpaired) electrons. The number of alkyl halides is 3. The van der Waals surface area contributed by atoms with E-state index in [1.54, 1.807) is 0 Å². The molecule has 0 aliphatic rings. The second-order valence-electron chi connectivity index (χ2n) is 4.20. The van der Waals surface area contributed by atoms with Crippen LogP contribution in [0.25, 0.3) is 0 Å². The van der Waals surface area contributed by atoms with Crippen LogP contribution in [0.3, 0.4) is 0 Å². The molecule has 1 N–H and O–H groups in total. The fraction of sp³-hybridized carbons (Fsp3) is 0.455. The zero-order valence-corrected chi connectivity index (χ0v) is 12.2. The van der Waals surface area contributed by atoms with Crippen molar-refractivity contribution in [2.45, 2.75) is 24.0 Å². The number of aliphatic hydroxyl groups is 1. The highest BCUT2D eigenvalue weighted by atomic mass is 35.5. The molecule has 1 aromatic carbocycles. The zero-order valence-electron chi connectivity index (χ0n) is 10.6. The van der Waals surface area contributed by atoms with Crippen molar-refractivity contribution in [2.75, 3.05) is 13.7 Å². The van der Waals surface area contributed by atoms with Gasteiger partial charge in [-0.3, -0.25) is 0 Å². The summed E-state index contributed by atoms with van der Waals surface area (Å²) in [5.74, 6) is 0. The third kappa shape index (κ3) is 3.43. The Balaban J connectivity index is 3.28. The SMILES string of the molecule is CC(CO)N(C)S(=O)(=O)c1ccc(C(F)(F)F)cc1Cl. The van der Waals surface area contributed by atoms with Gasteiger partial charge in [0.1, 0.15) is 4.90 Å². The van der Waals surface area contributed by atoms with Gasteiger partial charge in [0.05, 0.1) is 17.2 Å². The predicted octanol–water partition coefficient (Wildman–Crippen LogP) is 2.36. The van der Waals surface area contributed by atoms with E-state index in [1.807, 2.05) is 0 Å². The lowest BCUT2D eigenvalue weighted by Crippen LogP contribution is -2.37. The van der Waals surface area contributed by atoms with E-state index < -0.39 is 44.3 Å². The highest BCUT2D eigenvalue weighted by Crippen LogP contribution is 2.34. The first kappa shape index (κ1) is 17.2. The molecule has 0 aliphatic carbocycles. The van der Waals surface area contributed by atoms with Gasteiger partial charge in [-0.1, -0.05) is 11.6 Å². The summed E-state index contributed by atoms with van der Waals surface area (Å²) < 4.78 is 62.6. The van der Waals surface area contributed by atoms with E-state index in [9.17, 15) is 21.6 Å². The maximum atomic E-state index is 12.5. The minimum atomic E-state index is -4.60. The first-order valence-electron chi connectivity index (χ1n) is 5.47. The van der Waals surface area contributed by atoms with Gasteiger partial charge in [0.15, 0.2) is 0 Å². The summed E-state index contributed by atoms with van der Waals surface area (Å²) in [5.41, 5.74) is -1.03. The molecule has 0 saturated carbocycles. The van der Waals surface area contributed by atoms with Crippen molar-refractivity contribution in [3.05, 3.63) is 28.8 Å². The molecule has 0 aliphatic heterocycles. The molecule has 0 amide bonds. The van der Waals surface area contributed by atoms with Crippen molar-refractivity contribution >= 4 is 21.6 Å². The molecule has 1 unspecified atom stereocenters.